The van der Waals surface area contributed by atoms with Gasteiger partial charge < -0.3 is 0 Å². The van der Waals surface area contributed by atoms with Crippen LogP contribution in [0.25, 0.3) is 0 Å². The van der Waals surface area contributed by atoms with E-state index in [0.717, 1.165) is 30.7 Å². The summed E-state index contributed by atoms with van der Waals surface area (Å²) in [4.78, 5) is 0. The van der Waals surface area contributed by atoms with E-state index in [1.807, 2.05) is 0 Å². The first-order chi connectivity index (χ1) is 9.61. The summed E-state index contributed by atoms with van der Waals surface area (Å²) in [5.74, 6) is 0. The van der Waals surface area contributed by atoms with Crippen LogP contribution < -0.4 is 0 Å². The van der Waals surface area contributed by atoms with Crippen molar-refractivity contribution < 1.29 is 0 Å². The van der Waals surface area contributed by atoms with Gasteiger partial charge in [-0.25, -0.2) is 9.35 Å². The highest BCUT2D eigenvalue weighted by Crippen LogP contribution is 2.32. The van der Waals surface area contributed by atoms with E-state index in [1.165, 1.54) is 0 Å². The molecule has 0 aliphatic heterocycles. The van der Waals surface area contributed by atoms with E-state index in [-0.39, 0.29) is 5.41 Å². The molecule has 1 aliphatic rings. The van der Waals surface area contributed by atoms with Gasteiger partial charge in [0.1, 0.15) is 25.3 Å². The maximum Gasteiger partial charge on any atom is 0.141 e. The third-order valence-electron chi connectivity index (χ3n) is 3.10. The lowest BCUT2D eigenvalue weighted by Crippen LogP contribution is -2.30. The smallest absolute Gasteiger partial charge is 0.141 e. The monoisotopic (exact) mass is 272 g/mol. The molecule has 0 unspecified atom stereocenters. The Bertz CT molecular complexity index is 566. The number of nitrogens with zero attached hydrogens (tertiary/aromatic N) is 8. The Morgan fingerprint density at radius 1 is 0.850 bits per heavy atom. The van der Waals surface area contributed by atoms with Gasteiger partial charge in [-0.2, -0.15) is 10.2 Å². The van der Waals surface area contributed by atoms with Gasteiger partial charge in [-0.15, -0.1) is 20.4 Å². The van der Waals surface area contributed by atoms with Gasteiger partial charge in [-0.1, -0.05) is 13.8 Å². The molecule has 1 aliphatic carbocycles. The van der Waals surface area contributed by atoms with Gasteiger partial charge in [0.25, 0.3) is 0 Å². The van der Waals surface area contributed by atoms with Gasteiger partial charge >= 0.3 is 0 Å². The Hall–Kier alpha value is -2.38. The van der Waals surface area contributed by atoms with Crippen LogP contribution in [0.5, 0.6) is 0 Å². The molecule has 0 bridgehead atoms. The lowest BCUT2D eigenvalue weighted by molar-refractivity contribution is 0.387. The van der Waals surface area contributed by atoms with Crippen molar-refractivity contribution in [3.63, 3.8) is 0 Å². The normalized spacial score (nSPS) is 22.5. The molecule has 2 aromatic heterocycles. The summed E-state index contributed by atoms with van der Waals surface area (Å²) in [7, 11) is 0. The van der Waals surface area contributed by atoms with Gasteiger partial charge in [0.05, 0.1) is 0 Å². The van der Waals surface area contributed by atoms with Crippen molar-refractivity contribution in [2.24, 2.45) is 15.6 Å². The lowest BCUT2D eigenvalue weighted by Gasteiger charge is -2.31. The summed E-state index contributed by atoms with van der Waals surface area (Å²) in [6, 6.07) is 0. The highest BCUT2D eigenvalue weighted by molar-refractivity contribution is 6.07. The zero-order valence-electron chi connectivity index (χ0n) is 11.5. The topological polar surface area (TPSA) is 86.1 Å². The Balaban J connectivity index is 1.87. The van der Waals surface area contributed by atoms with Gasteiger partial charge in [0.15, 0.2) is 0 Å². The summed E-state index contributed by atoms with van der Waals surface area (Å²) in [5.41, 5.74) is 2.29. The van der Waals surface area contributed by atoms with E-state index in [9.17, 15) is 0 Å². The molecule has 20 heavy (non-hydrogen) atoms. The standard InChI is InChI=1S/C12H16N8/c1-12(2)4-10(17-19-6-13-14-7-19)3-11(5-12)18-20-8-15-16-9-20/h6-9H,3-5H2,1-2H3/b17-10-,18-11+. The van der Waals surface area contributed by atoms with Crippen LogP contribution >= 0.6 is 0 Å². The number of hydrogen-bond donors (Lipinski definition) is 0. The predicted octanol–water partition coefficient (Wildman–Crippen LogP) is 1.19. The van der Waals surface area contributed by atoms with E-state index in [2.05, 4.69) is 44.4 Å². The number of aromatic nitrogens is 6. The second kappa shape index (κ2) is 4.95. The summed E-state index contributed by atoms with van der Waals surface area (Å²) < 4.78 is 3.26. The van der Waals surface area contributed by atoms with Crippen LogP contribution in [-0.4, -0.2) is 41.2 Å². The third kappa shape index (κ3) is 2.95. The van der Waals surface area contributed by atoms with Gasteiger partial charge in [0.2, 0.25) is 0 Å². The minimum Gasteiger partial charge on any atom is -0.208 e. The molecule has 1 fully saturated rings. The lowest BCUT2D eigenvalue weighted by atomic mass is 9.75. The average Bonchev–Trinajstić information content (AvgIpc) is 3.00. The molecule has 2 aromatic rings. The van der Waals surface area contributed by atoms with Crippen LogP contribution in [0.2, 0.25) is 0 Å². The van der Waals surface area contributed by atoms with Gasteiger partial charge in [-0.05, 0) is 18.3 Å². The Kier molecular flexibility index (Phi) is 3.13. The minimum absolute atomic E-state index is 0.137. The zero-order chi connectivity index (χ0) is 14.0. The molecule has 8 nitrogen and oxygen atoms in total. The van der Waals surface area contributed by atoms with Crippen LogP contribution in [0, 0.1) is 5.41 Å². The fraction of sp³-hybridized carbons (Fsp3) is 0.500. The van der Waals surface area contributed by atoms with Gasteiger partial charge in [-0.3, -0.25) is 0 Å². The summed E-state index contributed by atoms with van der Waals surface area (Å²) in [5, 5.41) is 24.1. The first-order valence-corrected chi connectivity index (χ1v) is 6.43. The molecule has 3 rings (SSSR count). The van der Waals surface area contributed by atoms with Crippen molar-refractivity contribution in [1.82, 2.24) is 29.7 Å². The maximum absolute atomic E-state index is 4.54. The molecule has 0 radical (unpaired) electrons. The molecule has 1 saturated carbocycles. The molecule has 104 valence electrons. The molecular weight excluding hydrogens is 256 g/mol. The van der Waals surface area contributed by atoms with Crippen molar-refractivity contribution >= 4 is 11.4 Å². The average molecular weight is 272 g/mol. The van der Waals surface area contributed by atoms with E-state index in [4.69, 9.17) is 0 Å². The maximum atomic E-state index is 4.54. The van der Waals surface area contributed by atoms with Crippen LogP contribution in [0.3, 0.4) is 0 Å². The third-order valence-corrected chi connectivity index (χ3v) is 3.10. The SMILES string of the molecule is CC1(C)C/C(=N/n2cnnc2)C/C(=N/n2cnnc2)C1. The number of rotatable bonds is 2. The first-order valence-electron chi connectivity index (χ1n) is 6.43. The molecular formula is C12H16N8. The van der Waals surface area contributed by atoms with Crippen molar-refractivity contribution in [3.05, 3.63) is 25.3 Å². The Labute approximate surface area is 116 Å². The van der Waals surface area contributed by atoms with Gasteiger partial charge in [0, 0.05) is 17.8 Å². The minimum atomic E-state index is 0.137. The molecule has 0 saturated heterocycles. The summed E-state index contributed by atoms with van der Waals surface area (Å²) >= 11 is 0. The first kappa shape index (κ1) is 12.6. The molecule has 0 aromatic carbocycles. The van der Waals surface area contributed by atoms with Crippen LogP contribution in [0.1, 0.15) is 33.1 Å². The molecule has 8 heteroatoms. The molecule has 2 heterocycles. The predicted molar refractivity (Wildman–Crippen MR) is 73.3 cm³/mol. The Morgan fingerprint density at radius 3 is 1.65 bits per heavy atom. The number of hydrogen-bond acceptors (Lipinski definition) is 6. The molecule has 0 amide bonds. The molecule has 0 atom stereocenters. The highest BCUT2D eigenvalue weighted by Gasteiger charge is 2.29. The zero-order valence-corrected chi connectivity index (χ0v) is 11.5. The highest BCUT2D eigenvalue weighted by atomic mass is 15.4. The van der Waals surface area contributed by atoms with E-state index in [1.54, 1.807) is 34.7 Å². The van der Waals surface area contributed by atoms with Crippen molar-refractivity contribution in [2.45, 2.75) is 33.1 Å². The van der Waals surface area contributed by atoms with Crippen LogP contribution in [0.4, 0.5) is 0 Å². The van der Waals surface area contributed by atoms with Crippen molar-refractivity contribution in [2.75, 3.05) is 0 Å². The Morgan fingerprint density at radius 2 is 1.25 bits per heavy atom. The molecule has 0 N–H and O–H groups in total. The quantitative estimate of drug-likeness (QED) is 0.821. The summed E-state index contributed by atoms with van der Waals surface area (Å²) in [6.07, 6.45) is 8.98. The van der Waals surface area contributed by atoms with E-state index < -0.39 is 0 Å². The van der Waals surface area contributed by atoms with Crippen LogP contribution in [-0.2, 0) is 0 Å². The molecule has 0 spiro atoms. The second-order valence-electron chi connectivity index (χ2n) is 5.71. The fourth-order valence-corrected chi connectivity index (χ4v) is 2.49. The largest absolute Gasteiger partial charge is 0.208 e. The van der Waals surface area contributed by atoms with Crippen molar-refractivity contribution in [3.8, 4) is 0 Å². The van der Waals surface area contributed by atoms with E-state index >= 15 is 0 Å². The second-order valence-corrected chi connectivity index (χ2v) is 5.71. The van der Waals surface area contributed by atoms with Crippen molar-refractivity contribution in [1.29, 1.82) is 0 Å². The van der Waals surface area contributed by atoms with Crippen LogP contribution in [0.15, 0.2) is 35.5 Å². The summed E-state index contributed by atoms with van der Waals surface area (Å²) in [6.45, 7) is 4.44. The fourth-order valence-electron chi connectivity index (χ4n) is 2.49. The van der Waals surface area contributed by atoms with E-state index in [0.29, 0.717) is 0 Å².